The normalized spacial score (nSPS) is 26.7. The van der Waals surface area contributed by atoms with E-state index in [0.29, 0.717) is 19.4 Å². The van der Waals surface area contributed by atoms with Crippen molar-refractivity contribution in [3.63, 3.8) is 0 Å². The highest BCUT2D eigenvalue weighted by Crippen LogP contribution is 2.44. The fraction of sp³-hybridized carbons (Fsp3) is 0.625. The van der Waals surface area contributed by atoms with Gasteiger partial charge in [0.15, 0.2) is 0 Å². The Kier molecular flexibility index (Phi) is 4.51. The van der Waals surface area contributed by atoms with Gasteiger partial charge in [0.1, 0.15) is 0 Å². The number of rotatable bonds is 3. The van der Waals surface area contributed by atoms with Crippen molar-refractivity contribution < 1.29 is 13.2 Å². The van der Waals surface area contributed by atoms with E-state index in [9.17, 15) is 13.2 Å². The number of alkyl halides is 3. The molecule has 0 bridgehead atoms. The zero-order valence-corrected chi connectivity index (χ0v) is 12.6. The summed E-state index contributed by atoms with van der Waals surface area (Å²) in [6, 6.07) is 7.92. The van der Waals surface area contributed by atoms with Gasteiger partial charge in [-0.2, -0.15) is 13.2 Å². The van der Waals surface area contributed by atoms with Gasteiger partial charge in [0, 0.05) is 19.3 Å². The molecule has 1 fully saturated rings. The molecule has 0 heterocycles. The Labute approximate surface area is 124 Å². The number of hydrogen-bond acceptors (Lipinski definition) is 2. The molecule has 0 aliphatic heterocycles. The first-order valence-electron chi connectivity index (χ1n) is 7.36. The molecule has 1 saturated carbocycles. The third kappa shape index (κ3) is 3.18. The Hall–Kier alpha value is -1.23. The lowest BCUT2D eigenvalue weighted by Crippen LogP contribution is -2.55. The number of anilines is 1. The summed E-state index contributed by atoms with van der Waals surface area (Å²) in [5.74, 6) is -1.18. The largest absolute Gasteiger partial charge is 0.391 e. The molecule has 1 aromatic carbocycles. The van der Waals surface area contributed by atoms with E-state index in [1.165, 1.54) is 0 Å². The van der Waals surface area contributed by atoms with E-state index in [-0.39, 0.29) is 18.4 Å². The first-order valence-corrected chi connectivity index (χ1v) is 7.36. The van der Waals surface area contributed by atoms with E-state index in [1.54, 1.807) is 0 Å². The van der Waals surface area contributed by atoms with Gasteiger partial charge in [0.25, 0.3) is 0 Å². The van der Waals surface area contributed by atoms with Crippen molar-refractivity contribution in [3.8, 4) is 0 Å². The molecule has 2 rings (SSSR count). The van der Waals surface area contributed by atoms with Gasteiger partial charge < -0.3 is 10.6 Å². The maximum atomic E-state index is 12.8. The van der Waals surface area contributed by atoms with Crippen LogP contribution in [0.4, 0.5) is 18.9 Å². The maximum absolute atomic E-state index is 12.8. The molecule has 118 valence electrons. The van der Waals surface area contributed by atoms with Gasteiger partial charge in [-0.3, -0.25) is 0 Å². The van der Waals surface area contributed by atoms with E-state index in [4.69, 9.17) is 5.73 Å². The molecule has 21 heavy (non-hydrogen) atoms. The first-order chi connectivity index (χ1) is 9.80. The number of aryl methyl sites for hydroxylation is 1. The smallest absolute Gasteiger partial charge is 0.367 e. The van der Waals surface area contributed by atoms with Crippen LogP contribution < -0.4 is 10.6 Å². The summed E-state index contributed by atoms with van der Waals surface area (Å²) in [4.78, 5) is 2.09. The Balaban J connectivity index is 2.19. The minimum atomic E-state index is -4.08. The zero-order valence-electron chi connectivity index (χ0n) is 12.6. The van der Waals surface area contributed by atoms with Crippen molar-refractivity contribution in [1.29, 1.82) is 0 Å². The summed E-state index contributed by atoms with van der Waals surface area (Å²) in [6.07, 6.45) is -2.78. The summed E-state index contributed by atoms with van der Waals surface area (Å²) in [5, 5.41) is 0. The molecular weight excluding hydrogens is 277 g/mol. The second-order valence-corrected chi connectivity index (χ2v) is 6.09. The van der Waals surface area contributed by atoms with Crippen molar-refractivity contribution in [3.05, 3.63) is 29.8 Å². The van der Waals surface area contributed by atoms with Crippen LogP contribution in [-0.4, -0.2) is 25.3 Å². The van der Waals surface area contributed by atoms with Crippen LogP contribution in [0.5, 0.6) is 0 Å². The summed E-state index contributed by atoms with van der Waals surface area (Å²) < 4.78 is 38.5. The van der Waals surface area contributed by atoms with Crippen LogP contribution in [0.15, 0.2) is 24.3 Å². The Morgan fingerprint density at radius 1 is 1.24 bits per heavy atom. The molecule has 1 aromatic rings. The third-order valence-corrected chi connectivity index (χ3v) is 4.95. The van der Waals surface area contributed by atoms with Gasteiger partial charge in [-0.1, -0.05) is 18.2 Å². The molecule has 0 aromatic heterocycles. The number of likely N-dealkylation sites (N-methyl/N-ethyl adjacent to an activating group) is 1. The number of benzene rings is 1. The summed E-state index contributed by atoms with van der Waals surface area (Å²) in [5.41, 5.74) is 7.76. The molecule has 1 aliphatic rings. The standard InChI is InChI=1S/C16H23F3N2/c1-12-5-3-4-6-14(12)21(2)15(11-20)9-7-13(8-10-15)16(17,18)19/h3-6,13H,7-11,20H2,1-2H3. The van der Waals surface area contributed by atoms with E-state index in [2.05, 4.69) is 4.90 Å². The van der Waals surface area contributed by atoms with Crippen LogP contribution in [0.2, 0.25) is 0 Å². The van der Waals surface area contributed by atoms with Gasteiger partial charge in [-0.15, -0.1) is 0 Å². The molecule has 5 heteroatoms. The predicted octanol–water partition coefficient (Wildman–Crippen LogP) is 3.88. The van der Waals surface area contributed by atoms with Crippen molar-refractivity contribution in [1.82, 2.24) is 0 Å². The molecule has 0 radical (unpaired) electrons. The van der Waals surface area contributed by atoms with Crippen molar-refractivity contribution in [2.75, 3.05) is 18.5 Å². The number of hydrogen-bond donors (Lipinski definition) is 1. The lowest BCUT2D eigenvalue weighted by molar-refractivity contribution is -0.184. The molecule has 0 amide bonds. The molecule has 0 saturated heterocycles. The van der Waals surface area contributed by atoms with E-state index >= 15 is 0 Å². The second kappa shape index (κ2) is 5.87. The summed E-state index contributed by atoms with van der Waals surface area (Å²) >= 11 is 0. The Morgan fingerprint density at radius 3 is 2.29 bits per heavy atom. The van der Waals surface area contributed by atoms with Crippen LogP contribution in [0.1, 0.15) is 31.2 Å². The average Bonchev–Trinajstić information content (AvgIpc) is 2.46. The van der Waals surface area contributed by atoms with Gasteiger partial charge in [0.05, 0.1) is 11.5 Å². The average molecular weight is 300 g/mol. The summed E-state index contributed by atoms with van der Waals surface area (Å²) in [6.45, 7) is 2.39. The first kappa shape index (κ1) is 16.1. The molecule has 0 spiro atoms. The van der Waals surface area contributed by atoms with Crippen LogP contribution >= 0.6 is 0 Å². The SMILES string of the molecule is Cc1ccccc1N(C)C1(CN)CCC(C(F)(F)F)CC1. The number of nitrogens with two attached hydrogens (primary N) is 1. The highest BCUT2D eigenvalue weighted by Gasteiger charge is 2.46. The molecule has 2 nitrogen and oxygen atoms in total. The molecular formula is C16H23F3N2. The van der Waals surface area contributed by atoms with Crippen molar-refractivity contribution >= 4 is 5.69 Å². The number of para-hydroxylation sites is 1. The van der Waals surface area contributed by atoms with Crippen LogP contribution in [-0.2, 0) is 0 Å². The molecule has 1 aliphatic carbocycles. The predicted molar refractivity (Wildman–Crippen MR) is 79.4 cm³/mol. The van der Waals surface area contributed by atoms with E-state index in [0.717, 1.165) is 11.3 Å². The van der Waals surface area contributed by atoms with Gasteiger partial charge in [-0.05, 0) is 44.2 Å². The fourth-order valence-corrected chi connectivity index (χ4v) is 3.35. The highest BCUT2D eigenvalue weighted by atomic mass is 19.4. The van der Waals surface area contributed by atoms with Crippen LogP contribution in [0, 0.1) is 12.8 Å². The number of halogens is 3. The quantitative estimate of drug-likeness (QED) is 0.918. The van der Waals surface area contributed by atoms with Gasteiger partial charge in [-0.25, -0.2) is 0 Å². The highest BCUT2D eigenvalue weighted by molar-refractivity contribution is 5.54. The lowest BCUT2D eigenvalue weighted by Gasteiger charge is -2.47. The molecule has 0 atom stereocenters. The van der Waals surface area contributed by atoms with Gasteiger partial charge in [0.2, 0.25) is 0 Å². The van der Waals surface area contributed by atoms with Gasteiger partial charge >= 0.3 is 6.18 Å². The van der Waals surface area contributed by atoms with E-state index < -0.39 is 12.1 Å². The topological polar surface area (TPSA) is 29.3 Å². The lowest BCUT2D eigenvalue weighted by atomic mass is 9.75. The Morgan fingerprint density at radius 2 is 1.81 bits per heavy atom. The monoisotopic (exact) mass is 300 g/mol. The van der Waals surface area contributed by atoms with Crippen LogP contribution in [0.25, 0.3) is 0 Å². The fourth-order valence-electron chi connectivity index (χ4n) is 3.35. The summed E-state index contributed by atoms with van der Waals surface area (Å²) in [7, 11) is 1.95. The minimum absolute atomic E-state index is 0.164. The maximum Gasteiger partial charge on any atom is 0.391 e. The molecule has 0 unspecified atom stereocenters. The molecule has 2 N–H and O–H groups in total. The third-order valence-electron chi connectivity index (χ3n) is 4.95. The van der Waals surface area contributed by atoms with E-state index in [1.807, 2.05) is 38.2 Å². The minimum Gasteiger partial charge on any atom is -0.367 e. The second-order valence-electron chi connectivity index (χ2n) is 6.09. The van der Waals surface area contributed by atoms with Crippen LogP contribution in [0.3, 0.4) is 0 Å². The zero-order chi connectivity index (χ0) is 15.7. The van der Waals surface area contributed by atoms with Crippen molar-refractivity contribution in [2.45, 2.75) is 44.3 Å². The van der Waals surface area contributed by atoms with Crippen molar-refractivity contribution in [2.24, 2.45) is 11.7 Å². The number of nitrogens with zero attached hydrogens (tertiary/aromatic N) is 1. The Bertz CT molecular complexity index is 477.